The van der Waals surface area contributed by atoms with Crippen LogP contribution in [0.15, 0.2) is 72.8 Å². The van der Waals surface area contributed by atoms with Crippen molar-refractivity contribution in [1.29, 1.82) is 0 Å². The van der Waals surface area contributed by atoms with Crippen molar-refractivity contribution in [2.75, 3.05) is 0 Å². The first-order valence-corrected chi connectivity index (χ1v) is 10.0. The SMILES string of the molecule is O=C([O-])c1cccc(-c2ccccc2-c2cc(Cl)ccc2OCc2c(F)cc(F)cc2F)n1.[Na+]. The predicted molar refractivity (Wildman–Crippen MR) is 115 cm³/mol. The fraction of sp³-hybridized carbons (Fsp3) is 0.0400. The van der Waals surface area contributed by atoms with Gasteiger partial charge in [0.05, 0.1) is 22.9 Å². The van der Waals surface area contributed by atoms with Gasteiger partial charge in [0, 0.05) is 28.3 Å². The minimum atomic E-state index is -1.41. The Balaban J connectivity index is 0.00000324. The molecule has 0 radical (unpaired) electrons. The molecule has 0 aliphatic rings. The number of carbonyl (C=O) groups excluding carboxylic acids is 1. The van der Waals surface area contributed by atoms with E-state index in [1.54, 1.807) is 54.6 Å². The van der Waals surface area contributed by atoms with E-state index in [-0.39, 0.29) is 41.0 Å². The van der Waals surface area contributed by atoms with E-state index in [4.69, 9.17) is 16.3 Å². The summed E-state index contributed by atoms with van der Waals surface area (Å²) in [7, 11) is 0. The number of pyridine rings is 1. The van der Waals surface area contributed by atoms with Crippen LogP contribution in [0.4, 0.5) is 13.2 Å². The Kier molecular flexibility index (Phi) is 8.38. The number of rotatable bonds is 6. The molecule has 166 valence electrons. The second-order valence-electron chi connectivity index (χ2n) is 7.02. The molecule has 4 aromatic rings. The molecule has 0 saturated heterocycles. The fourth-order valence-corrected chi connectivity index (χ4v) is 3.51. The quantitative estimate of drug-likeness (QED) is 0.389. The van der Waals surface area contributed by atoms with Crippen LogP contribution in [-0.2, 0) is 6.61 Å². The van der Waals surface area contributed by atoms with E-state index in [1.807, 2.05) is 0 Å². The third kappa shape index (κ3) is 5.62. The van der Waals surface area contributed by atoms with Gasteiger partial charge in [-0.1, -0.05) is 41.9 Å². The molecule has 0 bridgehead atoms. The number of hydrogen-bond donors (Lipinski definition) is 0. The molecule has 1 aromatic heterocycles. The number of aromatic nitrogens is 1. The van der Waals surface area contributed by atoms with E-state index >= 15 is 0 Å². The molecule has 0 atom stereocenters. The average Bonchev–Trinajstić information content (AvgIpc) is 2.79. The third-order valence-electron chi connectivity index (χ3n) is 4.87. The number of carboxylic acids is 1. The zero-order chi connectivity index (χ0) is 23.5. The van der Waals surface area contributed by atoms with Crippen LogP contribution in [0.25, 0.3) is 22.4 Å². The summed E-state index contributed by atoms with van der Waals surface area (Å²) < 4.78 is 47.0. The summed E-state index contributed by atoms with van der Waals surface area (Å²) in [6.07, 6.45) is 0. The van der Waals surface area contributed by atoms with E-state index in [1.165, 1.54) is 6.07 Å². The van der Waals surface area contributed by atoms with Crippen LogP contribution in [0, 0.1) is 17.5 Å². The van der Waals surface area contributed by atoms with Gasteiger partial charge >= 0.3 is 29.6 Å². The molecule has 0 aliphatic heterocycles. The topological polar surface area (TPSA) is 62.2 Å². The van der Waals surface area contributed by atoms with Gasteiger partial charge in [0.15, 0.2) is 0 Å². The van der Waals surface area contributed by atoms with Crippen LogP contribution in [0.2, 0.25) is 5.02 Å². The molecule has 4 nitrogen and oxygen atoms in total. The summed E-state index contributed by atoms with van der Waals surface area (Å²) in [5, 5.41) is 11.6. The third-order valence-corrected chi connectivity index (χ3v) is 5.11. The monoisotopic (exact) mass is 491 g/mol. The molecule has 0 aliphatic carbocycles. The number of halogens is 4. The second kappa shape index (κ2) is 11.1. The van der Waals surface area contributed by atoms with Crippen LogP contribution < -0.4 is 39.4 Å². The van der Waals surface area contributed by atoms with Gasteiger partial charge in [0.1, 0.15) is 29.8 Å². The van der Waals surface area contributed by atoms with Crippen molar-refractivity contribution in [3.05, 3.63) is 107 Å². The van der Waals surface area contributed by atoms with Crippen LogP contribution in [0.3, 0.4) is 0 Å². The van der Waals surface area contributed by atoms with Crippen molar-refractivity contribution >= 4 is 17.6 Å². The Labute approximate surface area is 220 Å². The zero-order valence-electron chi connectivity index (χ0n) is 17.8. The minimum Gasteiger partial charge on any atom is -0.543 e. The van der Waals surface area contributed by atoms with Crippen LogP contribution in [0.1, 0.15) is 16.1 Å². The van der Waals surface area contributed by atoms with Gasteiger partial charge in [-0.25, -0.2) is 18.2 Å². The summed E-state index contributed by atoms with van der Waals surface area (Å²) in [5.41, 5.74) is 1.38. The first kappa shape index (κ1) is 25.8. The smallest absolute Gasteiger partial charge is 0.543 e. The Bertz CT molecular complexity index is 1340. The second-order valence-corrected chi connectivity index (χ2v) is 7.45. The van der Waals surface area contributed by atoms with E-state index in [9.17, 15) is 23.1 Å². The molecule has 0 amide bonds. The van der Waals surface area contributed by atoms with Crippen molar-refractivity contribution < 1.29 is 57.4 Å². The molecule has 4 rings (SSSR count). The molecule has 3 aromatic carbocycles. The molecule has 9 heteroatoms. The van der Waals surface area contributed by atoms with Gasteiger partial charge in [-0.2, -0.15) is 0 Å². The number of aromatic carboxylic acids is 1. The number of ether oxygens (including phenoxy) is 1. The van der Waals surface area contributed by atoms with Gasteiger partial charge in [0.25, 0.3) is 0 Å². The first-order chi connectivity index (χ1) is 15.8. The standard InChI is InChI=1S/C25H15ClF3NO3.Na/c26-14-8-9-24(33-13-19-20(28)11-15(27)12-21(19)29)18(10-14)16-4-1-2-5-17(16)22-6-3-7-23(30-22)25(31)32;/h1-12H,13H2,(H,31,32);/q;+1/p-1. The van der Waals surface area contributed by atoms with Crippen LogP contribution in [-0.4, -0.2) is 11.0 Å². The zero-order valence-corrected chi connectivity index (χ0v) is 20.6. The number of benzene rings is 3. The Morgan fingerprint density at radius 1 is 0.882 bits per heavy atom. The van der Waals surface area contributed by atoms with E-state index in [2.05, 4.69) is 4.98 Å². The number of carbonyl (C=O) groups is 1. The van der Waals surface area contributed by atoms with Gasteiger partial charge < -0.3 is 14.6 Å². The van der Waals surface area contributed by atoms with Crippen molar-refractivity contribution in [1.82, 2.24) is 4.98 Å². The predicted octanol–water partition coefficient (Wildman–Crippen LogP) is 2.43. The maximum absolute atomic E-state index is 14.0. The van der Waals surface area contributed by atoms with Gasteiger partial charge in [-0.05, 0) is 35.9 Å². The maximum Gasteiger partial charge on any atom is 1.00 e. The Hall–Kier alpha value is -2.84. The molecule has 34 heavy (non-hydrogen) atoms. The maximum atomic E-state index is 14.0. The summed E-state index contributed by atoms with van der Waals surface area (Å²) in [6.45, 7) is -0.493. The normalized spacial score (nSPS) is 10.5. The molecule has 1 heterocycles. The minimum absolute atomic E-state index is 0. The van der Waals surface area contributed by atoms with Crippen LogP contribution in [0.5, 0.6) is 5.75 Å². The summed E-state index contributed by atoms with van der Waals surface area (Å²) in [5.74, 6) is -4.31. The van der Waals surface area contributed by atoms with Gasteiger partial charge in [-0.3, -0.25) is 0 Å². The molecule has 0 N–H and O–H groups in total. The summed E-state index contributed by atoms with van der Waals surface area (Å²) >= 11 is 6.20. The number of hydrogen-bond acceptors (Lipinski definition) is 4. The van der Waals surface area contributed by atoms with E-state index < -0.39 is 35.6 Å². The first-order valence-electron chi connectivity index (χ1n) is 9.67. The molecule has 0 saturated carbocycles. The average molecular weight is 492 g/mol. The molecule has 0 unspecified atom stereocenters. The van der Waals surface area contributed by atoms with Crippen LogP contribution >= 0.6 is 11.6 Å². The largest absolute Gasteiger partial charge is 1.00 e. The van der Waals surface area contributed by atoms with E-state index in [0.29, 0.717) is 39.5 Å². The Morgan fingerprint density at radius 3 is 2.24 bits per heavy atom. The fourth-order valence-electron chi connectivity index (χ4n) is 3.34. The van der Waals surface area contributed by atoms with Crippen molar-refractivity contribution in [3.63, 3.8) is 0 Å². The summed E-state index contributed by atoms with van der Waals surface area (Å²) in [6, 6.07) is 17.4. The Morgan fingerprint density at radius 2 is 1.56 bits per heavy atom. The van der Waals surface area contributed by atoms with E-state index in [0.717, 1.165) is 0 Å². The molecule has 0 spiro atoms. The summed E-state index contributed by atoms with van der Waals surface area (Å²) in [4.78, 5) is 15.4. The van der Waals surface area contributed by atoms with Gasteiger partial charge in [0.2, 0.25) is 0 Å². The van der Waals surface area contributed by atoms with Crippen molar-refractivity contribution in [2.45, 2.75) is 6.61 Å². The molecular weight excluding hydrogens is 478 g/mol. The molecule has 0 fully saturated rings. The van der Waals surface area contributed by atoms with Crippen molar-refractivity contribution in [3.8, 4) is 28.1 Å². The van der Waals surface area contributed by atoms with Gasteiger partial charge in [-0.15, -0.1) is 0 Å². The number of carboxylic acid groups (broad SMARTS) is 1. The number of nitrogens with zero attached hydrogens (tertiary/aromatic N) is 1. The molecular formula is C25H14ClF3NNaO3. The van der Waals surface area contributed by atoms with Crippen molar-refractivity contribution in [2.24, 2.45) is 0 Å².